The van der Waals surface area contributed by atoms with Gasteiger partial charge < -0.3 is 5.73 Å². The lowest BCUT2D eigenvalue weighted by Gasteiger charge is -2.00. The molecule has 0 spiro atoms. The quantitative estimate of drug-likeness (QED) is 0.868. The Kier molecular flexibility index (Phi) is 2.56. The zero-order valence-corrected chi connectivity index (χ0v) is 9.36. The zero-order chi connectivity index (χ0) is 11.8. The molecule has 0 aliphatic carbocycles. The van der Waals surface area contributed by atoms with Gasteiger partial charge in [0, 0.05) is 5.02 Å². The van der Waals surface area contributed by atoms with Crippen LogP contribution in [0.2, 0.25) is 5.02 Å². The lowest BCUT2D eigenvalue weighted by molar-refractivity contribution is 0.298. The molecule has 6 nitrogen and oxygen atoms in total. The molecule has 0 bridgehead atoms. The number of anilines is 1. The summed E-state index contributed by atoms with van der Waals surface area (Å²) in [6, 6.07) is 5.62. The molecule has 0 saturated carbocycles. The lowest BCUT2D eigenvalue weighted by Crippen LogP contribution is -2.05. The molecule has 0 radical (unpaired) electrons. The van der Waals surface area contributed by atoms with Gasteiger partial charge in [-0.1, -0.05) is 11.6 Å². The normalized spacial score (nSPS) is 11.6. The third-order valence-corrected chi connectivity index (χ3v) is 3.80. The fourth-order valence-corrected chi connectivity index (χ4v) is 2.39. The molecular formula is C8H6ClN3O3S. The summed E-state index contributed by atoms with van der Waals surface area (Å²) in [5.74, 6) is -0.269. The van der Waals surface area contributed by atoms with Crippen molar-refractivity contribution in [1.29, 1.82) is 0 Å². The molecule has 16 heavy (non-hydrogen) atoms. The van der Waals surface area contributed by atoms with Gasteiger partial charge in [0.05, 0.1) is 4.90 Å². The van der Waals surface area contributed by atoms with Crippen LogP contribution in [0, 0.1) is 0 Å². The van der Waals surface area contributed by atoms with Crippen molar-refractivity contribution in [2.75, 3.05) is 5.73 Å². The molecule has 0 fully saturated rings. The van der Waals surface area contributed by atoms with E-state index in [-0.39, 0.29) is 10.7 Å². The Hall–Kier alpha value is -1.60. The van der Waals surface area contributed by atoms with Crippen molar-refractivity contribution in [3.63, 3.8) is 0 Å². The minimum Gasteiger partial charge on any atom is -0.378 e. The average molecular weight is 260 g/mol. The van der Waals surface area contributed by atoms with E-state index < -0.39 is 14.9 Å². The molecule has 0 amide bonds. The fourth-order valence-electron chi connectivity index (χ4n) is 1.10. The number of nitrogens with zero attached hydrogens (tertiary/aromatic N) is 2. The maximum Gasteiger partial charge on any atom is 0.247 e. The molecule has 2 rings (SSSR count). The number of hydrogen-bond acceptors (Lipinski definition) is 6. The van der Waals surface area contributed by atoms with Crippen LogP contribution in [0.25, 0.3) is 0 Å². The molecule has 2 aromatic rings. The van der Waals surface area contributed by atoms with E-state index in [4.69, 9.17) is 17.3 Å². The molecule has 0 saturated heterocycles. The first-order valence-corrected chi connectivity index (χ1v) is 5.96. The summed E-state index contributed by atoms with van der Waals surface area (Å²) in [6.45, 7) is 0. The number of halogens is 1. The van der Waals surface area contributed by atoms with Crippen molar-refractivity contribution < 1.29 is 13.0 Å². The van der Waals surface area contributed by atoms with Crippen LogP contribution in [0.15, 0.2) is 38.8 Å². The number of rotatable bonds is 2. The molecule has 84 valence electrons. The maximum absolute atomic E-state index is 11.9. The van der Waals surface area contributed by atoms with Crippen LogP contribution < -0.4 is 5.73 Å². The van der Waals surface area contributed by atoms with Crippen LogP contribution in [-0.2, 0) is 9.84 Å². The second-order valence-electron chi connectivity index (χ2n) is 2.91. The highest BCUT2D eigenvalue weighted by Gasteiger charge is 2.25. The molecule has 0 aliphatic heterocycles. The van der Waals surface area contributed by atoms with Gasteiger partial charge in [-0.15, -0.1) is 0 Å². The van der Waals surface area contributed by atoms with E-state index in [9.17, 15) is 8.42 Å². The minimum absolute atomic E-state index is 0.0271. The summed E-state index contributed by atoms with van der Waals surface area (Å²) in [6.07, 6.45) is 0. The topological polar surface area (TPSA) is 99.1 Å². The second-order valence-corrected chi connectivity index (χ2v) is 5.21. The van der Waals surface area contributed by atoms with E-state index >= 15 is 0 Å². The molecule has 1 heterocycles. The highest BCUT2D eigenvalue weighted by molar-refractivity contribution is 7.91. The number of nitrogen functional groups attached to an aromatic ring is 1. The Morgan fingerprint density at radius 1 is 1.19 bits per heavy atom. The van der Waals surface area contributed by atoms with Crippen LogP contribution in [0.1, 0.15) is 0 Å². The Bertz CT molecular complexity index is 606. The van der Waals surface area contributed by atoms with Gasteiger partial charge >= 0.3 is 0 Å². The fraction of sp³-hybridized carbons (Fsp3) is 0. The van der Waals surface area contributed by atoms with Crippen molar-refractivity contribution in [3.8, 4) is 0 Å². The second kappa shape index (κ2) is 3.76. The van der Waals surface area contributed by atoms with Crippen LogP contribution in [0.3, 0.4) is 0 Å². The highest BCUT2D eigenvalue weighted by Crippen LogP contribution is 2.23. The zero-order valence-electron chi connectivity index (χ0n) is 7.79. The Morgan fingerprint density at radius 2 is 1.81 bits per heavy atom. The van der Waals surface area contributed by atoms with Crippen molar-refractivity contribution in [1.82, 2.24) is 10.3 Å². The number of sulfone groups is 1. The van der Waals surface area contributed by atoms with Gasteiger partial charge in [0.2, 0.25) is 20.7 Å². The van der Waals surface area contributed by atoms with Crippen LogP contribution in [-0.4, -0.2) is 18.7 Å². The first kappa shape index (κ1) is 10.9. The van der Waals surface area contributed by atoms with Gasteiger partial charge in [-0.2, -0.15) is 0 Å². The first-order chi connectivity index (χ1) is 7.51. The predicted octanol–water partition coefficient (Wildman–Crippen LogP) is 1.14. The van der Waals surface area contributed by atoms with Crippen LogP contribution in [0.5, 0.6) is 0 Å². The van der Waals surface area contributed by atoms with Gasteiger partial charge in [0.15, 0.2) is 0 Å². The highest BCUT2D eigenvalue weighted by atomic mass is 35.5. The lowest BCUT2D eigenvalue weighted by atomic mass is 10.4. The summed E-state index contributed by atoms with van der Waals surface area (Å²) in [4.78, 5) is 0.0271. The third kappa shape index (κ3) is 1.74. The monoisotopic (exact) mass is 259 g/mol. The maximum atomic E-state index is 11.9. The number of hydrogen-bond donors (Lipinski definition) is 1. The Morgan fingerprint density at radius 3 is 2.31 bits per heavy atom. The molecule has 8 heteroatoms. The Labute approximate surface area is 95.9 Å². The Balaban J connectivity index is 2.56. The predicted molar refractivity (Wildman–Crippen MR) is 55.6 cm³/mol. The summed E-state index contributed by atoms with van der Waals surface area (Å²) >= 11 is 5.65. The van der Waals surface area contributed by atoms with Crippen molar-refractivity contribution in [2.45, 2.75) is 9.92 Å². The van der Waals surface area contributed by atoms with Crippen molar-refractivity contribution in [2.24, 2.45) is 0 Å². The van der Waals surface area contributed by atoms with E-state index in [0.29, 0.717) is 5.02 Å². The molecule has 0 aliphatic rings. The summed E-state index contributed by atoms with van der Waals surface area (Å²) in [5.41, 5.74) is 5.32. The average Bonchev–Trinajstić information content (AvgIpc) is 2.66. The van der Waals surface area contributed by atoms with E-state index in [0.717, 1.165) is 0 Å². The van der Waals surface area contributed by atoms with Crippen molar-refractivity contribution >= 4 is 27.3 Å². The first-order valence-electron chi connectivity index (χ1n) is 4.10. The van der Waals surface area contributed by atoms with E-state index in [1.807, 2.05) is 0 Å². The van der Waals surface area contributed by atoms with Crippen LogP contribution in [0.4, 0.5) is 5.82 Å². The van der Waals surface area contributed by atoms with Crippen molar-refractivity contribution in [3.05, 3.63) is 29.3 Å². The number of nitrogens with two attached hydrogens (primary N) is 1. The molecule has 0 atom stereocenters. The smallest absolute Gasteiger partial charge is 0.247 e. The number of benzene rings is 1. The summed E-state index contributed by atoms with van der Waals surface area (Å²) in [5, 5.41) is 6.51. The van der Waals surface area contributed by atoms with E-state index in [1.54, 1.807) is 0 Å². The molecule has 1 aromatic carbocycles. The van der Waals surface area contributed by atoms with Gasteiger partial charge in [0.25, 0.3) is 0 Å². The van der Waals surface area contributed by atoms with E-state index in [2.05, 4.69) is 14.9 Å². The molecular weight excluding hydrogens is 254 g/mol. The largest absolute Gasteiger partial charge is 0.378 e. The molecule has 0 unspecified atom stereocenters. The summed E-state index contributed by atoms with van der Waals surface area (Å²) in [7, 11) is -3.79. The van der Waals surface area contributed by atoms with Gasteiger partial charge in [0.1, 0.15) is 0 Å². The summed E-state index contributed by atoms with van der Waals surface area (Å²) < 4.78 is 28.1. The molecule has 2 N–H and O–H groups in total. The SMILES string of the molecule is Nc1nonc1S(=O)(=O)c1ccc(Cl)cc1. The van der Waals surface area contributed by atoms with Gasteiger partial charge in [-0.05, 0) is 34.6 Å². The van der Waals surface area contributed by atoms with E-state index in [1.165, 1.54) is 24.3 Å². The molecule has 1 aromatic heterocycles. The van der Waals surface area contributed by atoms with Crippen LogP contribution >= 0.6 is 11.6 Å². The number of aromatic nitrogens is 2. The third-order valence-electron chi connectivity index (χ3n) is 1.86. The van der Waals surface area contributed by atoms with Gasteiger partial charge in [-0.25, -0.2) is 13.0 Å². The minimum atomic E-state index is -3.79. The standard InChI is InChI=1S/C8H6ClN3O3S/c9-5-1-3-6(4-2-5)16(13,14)8-7(10)11-15-12-8/h1-4H,(H2,10,11). The van der Waals surface area contributed by atoms with Gasteiger partial charge in [-0.3, -0.25) is 0 Å².